The Morgan fingerprint density at radius 3 is 2.41 bits per heavy atom. The molecule has 1 atom stereocenters. The number of benzene rings is 1. The van der Waals surface area contributed by atoms with Gasteiger partial charge >= 0.3 is 6.09 Å². The van der Waals surface area contributed by atoms with Gasteiger partial charge in [0, 0.05) is 32.8 Å². The molecule has 0 aromatic heterocycles. The molecule has 1 heterocycles. The molecule has 27 heavy (non-hydrogen) atoms. The Balaban J connectivity index is 1.57. The van der Waals surface area contributed by atoms with Gasteiger partial charge < -0.3 is 25.0 Å². The van der Waals surface area contributed by atoms with Gasteiger partial charge in [-0.05, 0) is 31.7 Å². The van der Waals surface area contributed by atoms with Gasteiger partial charge in [0.1, 0.15) is 0 Å². The number of carbonyl (C=O) groups excluding carboxylic acids is 2. The second kappa shape index (κ2) is 11.6. The van der Waals surface area contributed by atoms with E-state index >= 15 is 0 Å². The molecule has 1 saturated heterocycles. The van der Waals surface area contributed by atoms with Gasteiger partial charge in [-0.15, -0.1) is 0 Å². The van der Waals surface area contributed by atoms with E-state index in [-0.39, 0.29) is 12.0 Å². The molecule has 0 bridgehead atoms. The Morgan fingerprint density at radius 1 is 1.07 bits per heavy atom. The summed E-state index contributed by atoms with van der Waals surface area (Å²) < 4.78 is 10.6. The Morgan fingerprint density at radius 2 is 1.74 bits per heavy atom. The summed E-state index contributed by atoms with van der Waals surface area (Å²) in [5.74, 6) is -0.0382. The maximum atomic E-state index is 12.4. The first-order valence-electron chi connectivity index (χ1n) is 9.69. The highest BCUT2D eigenvalue weighted by Crippen LogP contribution is 2.09. The highest BCUT2D eigenvalue weighted by molar-refractivity contribution is 5.82. The van der Waals surface area contributed by atoms with E-state index in [1.807, 2.05) is 30.3 Å². The van der Waals surface area contributed by atoms with E-state index in [0.717, 1.165) is 18.4 Å². The maximum absolute atomic E-state index is 12.4. The molecule has 150 valence electrons. The highest BCUT2D eigenvalue weighted by atomic mass is 16.6. The monoisotopic (exact) mass is 377 g/mol. The summed E-state index contributed by atoms with van der Waals surface area (Å²) in [5, 5.41) is 0. The van der Waals surface area contributed by atoms with Crippen molar-refractivity contribution in [2.75, 3.05) is 39.4 Å². The second-order valence-electron chi connectivity index (χ2n) is 6.65. The van der Waals surface area contributed by atoms with E-state index in [2.05, 4.69) is 0 Å². The number of carbonyl (C=O) groups is 2. The molecule has 0 saturated carbocycles. The summed E-state index contributed by atoms with van der Waals surface area (Å²) in [7, 11) is 0. The fraction of sp³-hybridized carbons (Fsp3) is 0.600. The first-order valence-corrected chi connectivity index (χ1v) is 9.69. The molecule has 2 N–H and O–H groups in total. The Labute approximate surface area is 161 Å². The predicted octanol–water partition coefficient (Wildman–Crippen LogP) is 2.00. The number of rotatable bonds is 9. The predicted molar refractivity (Wildman–Crippen MR) is 103 cm³/mol. The van der Waals surface area contributed by atoms with Crippen LogP contribution in [0.15, 0.2) is 30.3 Å². The van der Waals surface area contributed by atoms with E-state index in [1.54, 1.807) is 16.7 Å². The number of ether oxygens (including phenoxy) is 2. The van der Waals surface area contributed by atoms with Crippen LogP contribution in [0.1, 0.15) is 31.7 Å². The van der Waals surface area contributed by atoms with E-state index in [1.165, 1.54) is 0 Å². The molecule has 1 unspecified atom stereocenters. The van der Waals surface area contributed by atoms with Crippen LogP contribution in [-0.2, 0) is 20.9 Å². The normalized spacial score (nSPS) is 15.5. The van der Waals surface area contributed by atoms with Gasteiger partial charge in [-0.3, -0.25) is 4.79 Å². The Bertz CT molecular complexity index is 574. The van der Waals surface area contributed by atoms with Gasteiger partial charge in [0.05, 0.1) is 19.3 Å². The molecule has 1 aliphatic rings. The molecular formula is C20H31N3O4. The third-order valence-corrected chi connectivity index (χ3v) is 4.60. The van der Waals surface area contributed by atoms with E-state index in [4.69, 9.17) is 15.2 Å². The van der Waals surface area contributed by atoms with Gasteiger partial charge in [-0.1, -0.05) is 30.3 Å². The minimum atomic E-state index is -0.492. The van der Waals surface area contributed by atoms with Crippen molar-refractivity contribution in [2.45, 2.75) is 38.8 Å². The van der Waals surface area contributed by atoms with Crippen molar-refractivity contribution < 1.29 is 19.1 Å². The van der Waals surface area contributed by atoms with Crippen molar-refractivity contribution in [3.8, 4) is 0 Å². The number of hydrogen-bond donors (Lipinski definition) is 1. The third kappa shape index (κ3) is 7.19. The lowest BCUT2D eigenvalue weighted by molar-refractivity contribution is -0.134. The average Bonchev–Trinajstić information content (AvgIpc) is 2.71. The topological polar surface area (TPSA) is 85.1 Å². The SMILES string of the molecule is CCOC(=O)N1CCN(C(=O)C(N)CCCCOCc2ccccc2)CC1. The van der Waals surface area contributed by atoms with Crippen LogP contribution in [0.4, 0.5) is 4.79 Å². The van der Waals surface area contributed by atoms with Gasteiger partial charge in [0.15, 0.2) is 0 Å². The lowest BCUT2D eigenvalue weighted by Gasteiger charge is -2.35. The van der Waals surface area contributed by atoms with Crippen LogP contribution in [0.5, 0.6) is 0 Å². The van der Waals surface area contributed by atoms with E-state index in [0.29, 0.717) is 52.4 Å². The summed E-state index contributed by atoms with van der Waals surface area (Å²) in [6.45, 7) is 5.40. The molecule has 1 fully saturated rings. The summed E-state index contributed by atoms with van der Waals surface area (Å²) in [6, 6.07) is 9.56. The Kier molecular flexibility index (Phi) is 9.07. The van der Waals surface area contributed by atoms with Crippen LogP contribution >= 0.6 is 0 Å². The lowest BCUT2D eigenvalue weighted by Crippen LogP contribution is -2.54. The molecule has 0 aliphatic carbocycles. The number of nitrogens with two attached hydrogens (primary N) is 1. The van der Waals surface area contributed by atoms with Crippen LogP contribution in [0.2, 0.25) is 0 Å². The van der Waals surface area contributed by atoms with Crippen molar-refractivity contribution in [2.24, 2.45) is 5.73 Å². The summed E-state index contributed by atoms with van der Waals surface area (Å²) >= 11 is 0. The molecule has 1 aromatic rings. The van der Waals surface area contributed by atoms with Crippen LogP contribution < -0.4 is 5.73 Å². The fourth-order valence-electron chi connectivity index (χ4n) is 3.01. The second-order valence-corrected chi connectivity index (χ2v) is 6.65. The minimum absolute atomic E-state index is 0.0382. The molecule has 1 aliphatic heterocycles. The molecule has 7 heteroatoms. The van der Waals surface area contributed by atoms with Crippen molar-refractivity contribution >= 4 is 12.0 Å². The first-order chi connectivity index (χ1) is 13.1. The number of hydrogen-bond acceptors (Lipinski definition) is 5. The minimum Gasteiger partial charge on any atom is -0.450 e. The smallest absolute Gasteiger partial charge is 0.409 e. The van der Waals surface area contributed by atoms with Crippen molar-refractivity contribution in [3.05, 3.63) is 35.9 Å². The van der Waals surface area contributed by atoms with Crippen molar-refractivity contribution in [1.29, 1.82) is 0 Å². The van der Waals surface area contributed by atoms with Crippen LogP contribution in [0, 0.1) is 0 Å². The quantitative estimate of drug-likeness (QED) is 0.666. The summed E-state index contributed by atoms with van der Waals surface area (Å²) in [4.78, 5) is 27.5. The molecule has 0 radical (unpaired) electrons. The van der Waals surface area contributed by atoms with Crippen molar-refractivity contribution in [3.63, 3.8) is 0 Å². The summed E-state index contributed by atoms with van der Waals surface area (Å²) in [5.41, 5.74) is 7.22. The zero-order valence-corrected chi connectivity index (χ0v) is 16.1. The van der Waals surface area contributed by atoms with E-state index < -0.39 is 6.04 Å². The van der Waals surface area contributed by atoms with Gasteiger partial charge in [-0.2, -0.15) is 0 Å². The zero-order valence-electron chi connectivity index (χ0n) is 16.1. The first kappa shape index (κ1) is 21.2. The van der Waals surface area contributed by atoms with Gasteiger partial charge in [0.25, 0.3) is 0 Å². The molecule has 0 spiro atoms. The largest absolute Gasteiger partial charge is 0.450 e. The van der Waals surface area contributed by atoms with Gasteiger partial charge in [0.2, 0.25) is 5.91 Å². The van der Waals surface area contributed by atoms with Crippen LogP contribution in [0.25, 0.3) is 0 Å². The maximum Gasteiger partial charge on any atom is 0.409 e. The third-order valence-electron chi connectivity index (χ3n) is 4.60. The highest BCUT2D eigenvalue weighted by Gasteiger charge is 2.27. The van der Waals surface area contributed by atoms with Crippen LogP contribution in [-0.4, -0.2) is 67.2 Å². The molecule has 1 aromatic carbocycles. The van der Waals surface area contributed by atoms with Crippen molar-refractivity contribution in [1.82, 2.24) is 9.80 Å². The lowest BCUT2D eigenvalue weighted by atomic mass is 10.1. The standard InChI is InChI=1S/C20H31N3O4/c1-2-27-20(25)23-13-11-22(12-14-23)19(24)18(21)10-6-7-15-26-16-17-8-4-3-5-9-17/h3-5,8-9,18H,2,6-7,10-16,21H2,1H3. The number of piperazine rings is 1. The molecule has 2 rings (SSSR count). The molecule has 7 nitrogen and oxygen atoms in total. The molecular weight excluding hydrogens is 346 g/mol. The fourth-order valence-corrected chi connectivity index (χ4v) is 3.01. The number of nitrogens with zero attached hydrogens (tertiary/aromatic N) is 2. The average molecular weight is 377 g/mol. The molecule has 2 amide bonds. The number of amides is 2. The van der Waals surface area contributed by atoms with Gasteiger partial charge in [-0.25, -0.2) is 4.79 Å². The Hall–Kier alpha value is -2.12. The number of unbranched alkanes of at least 4 members (excludes halogenated alkanes) is 1. The zero-order chi connectivity index (χ0) is 19.5. The van der Waals surface area contributed by atoms with Crippen LogP contribution in [0.3, 0.4) is 0 Å². The van der Waals surface area contributed by atoms with E-state index in [9.17, 15) is 9.59 Å². The summed E-state index contributed by atoms with van der Waals surface area (Å²) in [6.07, 6.45) is 2.06.